The molecule has 0 bridgehead atoms. The molecule has 0 saturated carbocycles. The number of hydrogen-bond donors (Lipinski definition) is 2. The number of anilines is 1. The van der Waals surface area contributed by atoms with Crippen molar-refractivity contribution in [3.05, 3.63) is 24.3 Å². The van der Waals surface area contributed by atoms with E-state index in [9.17, 15) is 9.90 Å². The Kier molecular flexibility index (Phi) is 4.18. The highest BCUT2D eigenvalue weighted by molar-refractivity contribution is 5.84. The summed E-state index contributed by atoms with van der Waals surface area (Å²) in [6, 6.07) is 7.76. The van der Waals surface area contributed by atoms with Crippen LogP contribution in [0.5, 0.6) is 5.75 Å². The molecule has 2 rings (SSSR count). The minimum absolute atomic E-state index is 0.343. The number of likely N-dealkylation sites (tertiary alicyclic amines) is 1. The number of carboxylic acid groups (broad SMARTS) is 1. The monoisotopic (exact) mass is 278 g/mol. The molecule has 0 aliphatic carbocycles. The Bertz CT molecular complexity index is 490. The Labute approximate surface area is 119 Å². The van der Waals surface area contributed by atoms with Crippen molar-refractivity contribution < 1.29 is 14.6 Å². The molecule has 1 saturated heterocycles. The number of methoxy groups -OCH3 is 1. The Morgan fingerprint density at radius 3 is 2.70 bits per heavy atom. The molecule has 1 aliphatic rings. The first kappa shape index (κ1) is 14.7. The minimum atomic E-state index is -0.946. The first-order valence-corrected chi connectivity index (χ1v) is 6.87. The van der Waals surface area contributed by atoms with Gasteiger partial charge >= 0.3 is 5.97 Å². The number of carboxylic acids is 1. The first-order valence-electron chi connectivity index (χ1n) is 6.87. The van der Waals surface area contributed by atoms with Crippen molar-refractivity contribution in [1.29, 1.82) is 0 Å². The third kappa shape index (κ3) is 2.72. The van der Waals surface area contributed by atoms with Crippen LogP contribution in [-0.4, -0.2) is 47.8 Å². The molecular weight excluding hydrogens is 256 g/mol. The van der Waals surface area contributed by atoms with Crippen LogP contribution in [0.2, 0.25) is 0 Å². The van der Waals surface area contributed by atoms with Crippen LogP contribution in [-0.2, 0) is 4.79 Å². The molecule has 1 heterocycles. The van der Waals surface area contributed by atoms with E-state index in [1.165, 1.54) is 0 Å². The number of para-hydroxylation sites is 2. The Morgan fingerprint density at radius 1 is 1.45 bits per heavy atom. The zero-order valence-electron chi connectivity index (χ0n) is 12.2. The molecule has 1 atom stereocenters. The lowest BCUT2D eigenvalue weighted by molar-refractivity contribution is -0.141. The molecule has 0 amide bonds. The summed E-state index contributed by atoms with van der Waals surface area (Å²) in [5.74, 6) is -0.150. The summed E-state index contributed by atoms with van der Waals surface area (Å²) in [4.78, 5) is 13.9. The predicted octanol–water partition coefficient (Wildman–Crippen LogP) is 2.04. The standard InChI is InChI=1S/C15H22N2O3/c1-11(2)17-9-8-15(10-17,14(18)19)16-12-6-4-5-7-13(12)20-3/h4-7,11,16H,8-10H2,1-3H3,(H,18,19). The van der Waals surface area contributed by atoms with Gasteiger partial charge in [0.05, 0.1) is 12.8 Å². The van der Waals surface area contributed by atoms with Crippen LogP contribution in [0.15, 0.2) is 24.3 Å². The van der Waals surface area contributed by atoms with Gasteiger partial charge in [-0.25, -0.2) is 4.79 Å². The largest absolute Gasteiger partial charge is 0.495 e. The highest BCUT2D eigenvalue weighted by Crippen LogP contribution is 2.32. The van der Waals surface area contributed by atoms with Gasteiger partial charge < -0.3 is 15.2 Å². The smallest absolute Gasteiger partial charge is 0.330 e. The van der Waals surface area contributed by atoms with Crippen molar-refractivity contribution in [2.75, 3.05) is 25.5 Å². The normalized spacial score (nSPS) is 23.0. The fraction of sp³-hybridized carbons (Fsp3) is 0.533. The number of nitrogens with one attached hydrogen (secondary N) is 1. The zero-order valence-corrected chi connectivity index (χ0v) is 12.2. The number of rotatable bonds is 5. The lowest BCUT2D eigenvalue weighted by Crippen LogP contribution is -2.49. The van der Waals surface area contributed by atoms with Crippen LogP contribution in [0.1, 0.15) is 20.3 Å². The second-order valence-corrected chi connectivity index (χ2v) is 5.53. The number of ether oxygens (including phenoxy) is 1. The van der Waals surface area contributed by atoms with Crippen molar-refractivity contribution in [3.63, 3.8) is 0 Å². The second-order valence-electron chi connectivity index (χ2n) is 5.53. The molecule has 20 heavy (non-hydrogen) atoms. The zero-order chi connectivity index (χ0) is 14.8. The van der Waals surface area contributed by atoms with Crippen molar-refractivity contribution in [3.8, 4) is 5.75 Å². The van der Waals surface area contributed by atoms with Crippen molar-refractivity contribution in [2.24, 2.45) is 0 Å². The number of carbonyl (C=O) groups is 1. The summed E-state index contributed by atoms with van der Waals surface area (Å²) in [7, 11) is 1.59. The lowest BCUT2D eigenvalue weighted by Gasteiger charge is -2.29. The maximum atomic E-state index is 11.8. The van der Waals surface area contributed by atoms with E-state index >= 15 is 0 Å². The summed E-state index contributed by atoms with van der Waals surface area (Å²) >= 11 is 0. The molecule has 110 valence electrons. The number of hydrogen-bond acceptors (Lipinski definition) is 4. The van der Waals surface area contributed by atoms with E-state index in [1.807, 2.05) is 24.3 Å². The number of benzene rings is 1. The maximum absolute atomic E-state index is 11.8. The highest BCUT2D eigenvalue weighted by Gasteiger charge is 2.45. The Balaban J connectivity index is 2.25. The van der Waals surface area contributed by atoms with Crippen molar-refractivity contribution in [1.82, 2.24) is 4.90 Å². The van der Waals surface area contributed by atoms with E-state index in [-0.39, 0.29) is 0 Å². The molecule has 1 aliphatic heterocycles. The van der Waals surface area contributed by atoms with E-state index in [0.29, 0.717) is 24.8 Å². The number of aliphatic carboxylic acids is 1. The van der Waals surface area contributed by atoms with Gasteiger partial charge in [0.25, 0.3) is 0 Å². The molecule has 1 fully saturated rings. The molecule has 1 aromatic rings. The Morgan fingerprint density at radius 2 is 2.15 bits per heavy atom. The lowest BCUT2D eigenvalue weighted by atomic mass is 9.98. The van der Waals surface area contributed by atoms with Crippen LogP contribution in [0.4, 0.5) is 5.69 Å². The van der Waals surface area contributed by atoms with Gasteiger partial charge in [-0.2, -0.15) is 0 Å². The molecule has 5 heteroatoms. The van der Waals surface area contributed by atoms with Crippen LogP contribution in [0.25, 0.3) is 0 Å². The van der Waals surface area contributed by atoms with E-state index < -0.39 is 11.5 Å². The third-order valence-electron chi connectivity index (χ3n) is 3.92. The molecule has 5 nitrogen and oxygen atoms in total. The SMILES string of the molecule is COc1ccccc1NC1(C(=O)O)CCN(C(C)C)C1. The molecule has 1 unspecified atom stereocenters. The van der Waals surface area contributed by atoms with Crippen molar-refractivity contribution >= 4 is 11.7 Å². The molecule has 0 aromatic heterocycles. The topological polar surface area (TPSA) is 61.8 Å². The second kappa shape index (κ2) is 5.71. The molecule has 0 spiro atoms. The maximum Gasteiger partial charge on any atom is 0.330 e. The molecule has 1 aromatic carbocycles. The third-order valence-corrected chi connectivity index (χ3v) is 3.92. The molecule has 0 radical (unpaired) electrons. The van der Waals surface area contributed by atoms with Crippen LogP contribution in [0.3, 0.4) is 0 Å². The van der Waals surface area contributed by atoms with Crippen LogP contribution < -0.4 is 10.1 Å². The van der Waals surface area contributed by atoms with Crippen molar-refractivity contribution in [2.45, 2.75) is 31.8 Å². The fourth-order valence-corrected chi connectivity index (χ4v) is 2.62. The van der Waals surface area contributed by atoms with Gasteiger partial charge in [0.2, 0.25) is 0 Å². The van der Waals surface area contributed by atoms with Gasteiger partial charge in [-0.15, -0.1) is 0 Å². The van der Waals surface area contributed by atoms with Gasteiger partial charge in [0.15, 0.2) is 0 Å². The van der Waals surface area contributed by atoms with Gasteiger partial charge in [-0.3, -0.25) is 4.90 Å². The van der Waals surface area contributed by atoms with Gasteiger partial charge in [0.1, 0.15) is 11.3 Å². The quantitative estimate of drug-likeness (QED) is 0.863. The summed E-state index contributed by atoms with van der Waals surface area (Å²) in [6.07, 6.45) is 0.582. The fourth-order valence-electron chi connectivity index (χ4n) is 2.62. The first-order chi connectivity index (χ1) is 9.48. The van der Waals surface area contributed by atoms with E-state index in [1.54, 1.807) is 7.11 Å². The van der Waals surface area contributed by atoms with Gasteiger partial charge in [-0.1, -0.05) is 12.1 Å². The summed E-state index contributed by atoms with van der Waals surface area (Å²) in [5, 5.41) is 12.9. The summed E-state index contributed by atoms with van der Waals surface area (Å²) in [5.41, 5.74) is -0.221. The minimum Gasteiger partial charge on any atom is -0.495 e. The van der Waals surface area contributed by atoms with Gasteiger partial charge in [-0.05, 0) is 32.4 Å². The Hall–Kier alpha value is -1.75. The van der Waals surface area contributed by atoms with Gasteiger partial charge in [0, 0.05) is 19.1 Å². The predicted molar refractivity (Wildman–Crippen MR) is 78.3 cm³/mol. The summed E-state index contributed by atoms with van der Waals surface area (Å²) in [6.45, 7) is 5.45. The number of nitrogens with zero attached hydrogens (tertiary/aromatic N) is 1. The van der Waals surface area contributed by atoms with E-state index in [4.69, 9.17) is 4.74 Å². The van der Waals surface area contributed by atoms with Crippen LogP contribution in [0, 0.1) is 0 Å². The average Bonchev–Trinajstić information content (AvgIpc) is 2.85. The molecular formula is C15H22N2O3. The van der Waals surface area contributed by atoms with E-state index in [0.717, 1.165) is 12.2 Å². The van der Waals surface area contributed by atoms with E-state index in [2.05, 4.69) is 24.1 Å². The highest BCUT2D eigenvalue weighted by atomic mass is 16.5. The molecule has 2 N–H and O–H groups in total. The summed E-state index contributed by atoms with van der Waals surface area (Å²) < 4.78 is 5.29. The van der Waals surface area contributed by atoms with Crippen LogP contribution >= 0.6 is 0 Å². The average molecular weight is 278 g/mol.